The van der Waals surface area contributed by atoms with E-state index in [1.54, 1.807) is 19.0 Å². The summed E-state index contributed by atoms with van der Waals surface area (Å²) in [6.07, 6.45) is 0. The molecule has 0 aliphatic carbocycles. The Labute approximate surface area is 74.2 Å². The van der Waals surface area contributed by atoms with Crippen LogP contribution in [0.15, 0.2) is 4.79 Å². The molecule has 6 heteroatoms. The minimum atomic E-state index is -0.499. The normalized spacial score (nSPS) is 9.92. The molecule has 1 heterocycles. The van der Waals surface area contributed by atoms with Crippen LogP contribution in [0.5, 0.6) is 0 Å². The first-order valence-electron chi connectivity index (χ1n) is 3.25. The minimum Gasteiger partial charge on any atom is -0.384 e. The third kappa shape index (κ3) is 1.50. The fourth-order valence-corrected chi connectivity index (χ4v) is 1.02. The van der Waals surface area contributed by atoms with Crippen molar-refractivity contribution >= 4 is 23.2 Å². The number of halogens is 1. The van der Waals surface area contributed by atoms with Gasteiger partial charge in [0.05, 0.1) is 0 Å². The van der Waals surface area contributed by atoms with Gasteiger partial charge >= 0.3 is 5.69 Å². The second-order valence-electron chi connectivity index (χ2n) is 2.49. The van der Waals surface area contributed by atoms with E-state index in [0.29, 0.717) is 5.82 Å². The summed E-state index contributed by atoms with van der Waals surface area (Å²) in [5.41, 5.74) is 4.91. The summed E-state index contributed by atoms with van der Waals surface area (Å²) < 4.78 is 0. The fourth-order valence-electron chi connectivity index (χ4n) is 0.760. The van der Waals surface area contributed by atoms with E-state index in [1.165, 1.54) is 0 Å². The second kappa shape index (κ2) is 3.02. The van der Waals surface area contributed by atoms with Gasteiger partial charge in [0.15, 0.2) is 5.82 Å². The zero-order valence-electron chi connectivity index (χ0n) is 6.76. The SMILES string of the molecule is CN(C)c1nc(=O)[nH]c(N)c1Cl. The molecule has 0 saturated heterocycles. The van der Waals surface area contributed by atoms with E-state index in [9.17, 15) is 4.79 Å². The van der Waals surface area contributed by atoms with E-state index in [2.05, 4.69) is 9.97 Å². The molecular formula is C6H9ClN4O. The van der Waals surface area contributed by atoms with Gasteiger partial charge in [-0.25, -0.2) is 4.79 Å². The average molecular weight is 189 g/mol. The number of nitrogens with one attached hydrogen (secondary N) is 1. The highest BCUT2D eigenvalue weighted by Crippen LogP contribution is 2.23. The minimum absolute atomic E-state index is 0.139. The van der Waals surface area contributed by atoms with Gasteiger partial charge in [0.25, 0.3) is 0 Å². The van der Waals surface area contributed by atoms with E-state index in [-0.39, 0.29) is 10.8 Å². The van der Waals surface area contributed by atoms with Crippen LogP contribution in [0, 0.1) is 0 Å². The lowest BCUT2D eigenvalue weighted by molar-refractivity contribution is 1.00. The molecule has 0 aliphatic heterocycles. The second-order valence-corrected chi connectivity index (χ2v) is 2.87. The molecule has 0 bridgehead atoms. The topological polar surface area (TPSA) is 75.0 Å². The van der Waals surface area contributed by atoms with Crippen molar-refractivity contribution in [1.29, 1.82) is 0 Å². The largest absolute Gasteiger partial charge is 0.384 e. The molecule has 0 fully saturated rings. The number of hydrogen-bond donors (Lipinski definition) is 2. The van der Waals surface area contributed by atoms with E-state index < -0.39 is 5.69 Å². The zero-order chi connectivity index (χ0) is 9.30. The van der Waals surface area contributed by atoms with Gasteiger partial charge in [0, 0.05) is 14.1 Å². The van der Waals surface area contributed by atoms with Crippen LogP contribution in [0.1, 0.15) is 0 Å². The number of aromatic nitrogens is 2. The highest BCUT2D eigenvalue weighted by molar-refractivity contribution is 6.35. The predicted molar refractivity (Wildman–Crippen MR) is 48.6 cm³/mol. The maximum absolute atomic E-state index is 10.8. The molecule has 0 unspecified atom stereocenters. The van der Waals surface area contributed by atoms with Crippen LogP contribution in [0.2, 0.25) is 5.02 Å². The van der Waals surface area contributed by atoms with Gasteiger partial charge in [0.1, 0.15) is 10.8 Å². The maximum Gasteiger partial charge on any atom is 0.348 e. The van der Waals surface area contributed by atoms with Crippen LogP contribution in [-0.4, -0.2) is 24.1 Å². The van der Waals surface area contributed by atoms with Gasteiger partial charge in [0.2, 0.25) is 0 Å². The van der Waals surface area contributed by atoms with Crippen molar-refractivity contribution in [2.24, 2.45) is 0 Å². The Morgan fingerprint density at radius 3 is 2.67 bits per heavy atom. The molecule has 1 aromatic rings. The summed E-state index contributed by atoms with van der Waals surface area (Å²) in [5, 5.41) is 0.264. The molecule has 3 N–H and O–H groups in total. The zero-order valence-corrected chi connectivity index (χ0v) is 7.51. The smallest absolute Gasteiger partial charge is 0.348 e. The Balaban J connectivity index is 3.38. The summed E-state index contributed by atoms with van der Waals surface area (Å²) in [6.45, 7) is 0. The van der Waals surface area contributed by atoms with Crippen LogP contribution < -0.4 is 16.3 Å². The summed E-state index contributed by atoms with van der Waals surface area (Å²) in [6, 6.07) is 0. The van der Waals surface area contributed by atoms with Crippen LogP contribution >= 0.6 is 11.6 Å². The highest BCUT2D eigenvalue weighted by atomic mass is 35.5. The monoisotopic (exact) mass is 188 g/mol. The summed E-state index contributed by atoms with van der Waals surface area (Å²) in [5.74, 6) is 0.512. The number of nitrogen functional groups attached to an aromatic ring is 1. The summed E-state index contributed by atoms with van der Waals surface area (Å²) in [7, 11) is 3.46. The number of hydrogen-bond acceptors (Lipinski definition) is 4. The quantitative estimate of drug-likeness (QED) is 0.654. The van der Waals surface area contributed by atoms with Crippen LogP contribution in [-0.2, 0) is 0 Å². The molecule has 1 aromatic heterocycles. The van der Waals surface area contributed by atoms with E-state index in [0.717, 1.165) is 0 Å². The maximum atomic E-state index is 10.8. The molecule has 5 nitrogen and oxygen atoms in total. The standard InChI is InChI=1S/C6H9ClN4O/c1-11(2)5-3(7)4(8)9-6(12)10-5/h1-2H3,(H3,8,9,10,12). The molecule has 12 heavy (non-hydrogen) atoms. The van der Waals surface area contributed by atoms with Gasteiger partial charge in [-0.1, -0.05) is 11.6 Å². The predicted octanol–water partition coefficient (Wildman–Crippen LogP) is 0.0715. The molecule has 0 atom stereocenters. The van der Waals surface area contributed by atoms with E-state index >= 15 is 0 Å². The van der Waals surface area contributed by atoms with Gasteiger partial charge in [-0.15, -0.1) is 0 Å². The van der Waals surface area contributed by atoms with Crippen molar-refractivity contribution in [3.8, 4) is 0 Å². The van der Waals surface area contributed by atoms with Crippen LogP contribution in [0.4, 0.5) is 11.6 Å². The Kier molecular flexibility index (Phi) is 2.23. The molecular weight excluding hydrogens is 180 g/mol. The summed E-state index contributed by atoms with van der Waals surface area (Å²) in [4.78, 5) is 18.4. The van der Waals surface area contributed by atoms with Gasteiger partial charge in [-0.05, 0) is 0 Å². The van der Waals surface area contributed by atoms with Crippen molar-refractivity contribution < 1.29 is 0 Å². The summed E-state index contributed by atoms with van der Waals surface area (Å²) >= 11 is 5.76. The van der Waals surface area contributed by atoms with Gasteiger partial charge in [-0.2, -0.15) is 4.98 Å². The van der Waals surface area contributed by atoms with Crippen LogP contribution in [0.3, 0.4) is 0 Å². The molecule has 0 aliphatic rings. The lowest BCUT2D eigenvalue weighted by Gasteiger charge is -2.12. The fraction of sp³-hybridized carbons (Fsp3) is 0.333. The highest BCUT2D eigenvalue weighted by Gasteiger charge is 2.08. The number of nitrogens with two attached hydrogens (primary N) is 1. The van der Waals surface area contributed by atoms with Gasteiger partial charge in [-0.3, -0.25) is 4.98 Å². The van der Waals surface area contributed by atoms with Crippen molar-refractivity contribution in [1.82, 2.24) is 9.97 Å². The Hall–Kier alpha value is -1.23. The molecule has 0 radical (unpaired) electrons. The lowest BCUT2D eigenvalue weighted by Crippen LogP contribution is -2.20. The first-order valence-corrected chi connectivity index (χ1v) is 3.62. The number of aromatic amines is 1. The van der Waals surface area contributed by atoms with Gasteiger partial charge < -0.3 is 10.6 Å². The number of H-pyrrole nitrogens is 1. The molecule has 1 rings (SSSR count). The molecule has 0 saturated carbocycles. The first kappa shape index (κ1) is 8.86. The lowest BCUT2D eigenvalue weighted by atomic mass is 10.5. The first-order chi connectivity index (χ1) is 5.52. The molecule has 0 spiro atoms. The van der Waals surface area contributed by atoms with E-state index in [4.69, 9.17) is 17.3 Å². The van der Waals surface area contributed by atoms with Crippen LogP contribution in [0.25, 0.3) is 0 Å². The van der Waals surface area contributed by atoms with E-state index in [1.807, 2.05) is 0 Å². The Morgan fingerprint density at radius 2 is 2.17 bits per heavy atom. The average Bonchev–Trinajstić information content (AvgIpc) is 1.96. The number of nitrogens with zero attached hydrogens (tertiary/aromatic N) is 2. The third-order valence-electron chi connectivity index (χ3n) is 1.31. The van der Waals surface area contributed by atoms with Crippen molar-refractivity contribution in [3.05, 3.63) is 15.5 Å². The van der Waals surface area contributed by atoms with Crippen molar-refractivity contribution in [3.63, 3.8) is 0 Å². The Bertz CT molecular complexity index is 346. The Morgan fingerprint density at radius 1 is 1.58 bits per heavy atom. The third-order valence-corrected chi connectivity index (χ3v) is 1.68. The molecule has 66 valence electrons. The van der Waals surface area contributed by atoms with Crippen molar-refractivity contribution in [2.75, 3.05) is 24.7 Å². The van der Waals surface area contributed by atoms with Crippen molar-refractivity contribution in [2.45, 2.75) is 0 Å². The molecule has 0 aromatic carbocycles. The number of anilines is 2. The molecule has 0 amide bonds. The number of rotatable bonds is 1.